The van der Waals surface area contributed by atoms with Crippen LogP contribution in [-0.2, 0) is 29.7 Å². The van der Waals surface area contributed by atoms with E-state index in [1.807, 2.05) is 30.3 Å². The summed E-state index contributed by atoms with van der Waals surface area (Å²) in [4.78, 5) is 27.8. The Morgan fingerprint density at radius 2 is 1.42 bits per heavy atom. The van der Waals surface area contributed by atoms with Crippen LogP contribution in [0.2, 0.25) is 36.3 Å². The van der Waals surface area contributed by atoms with Gasteiger partial charge in [0.25, 0.3) is 0 Å². The molecule has 1 amide bonds. The molecule has 246 valence electrons. The number of aliphatic hydroxyl groups excluding tert-OH is 2. The van der Waals surface area contributed by atoms with Gasteiger partial charge >= 0.3 is 12.1 Å². The Kier molecular flexibility index (Phi) is 11.9. The van der Waals surface area contributed by atoms with Crippen LogP contribution in [0.15, 0.2) is 30.3 Å². The van der Waals surface area contributed by atoms with E-state index in [9.17, 15) is 19.8 Å². The predicted molar refractivity (Wildman–Crippen MR) is 174 cm³/mol. The van der Waals surface area contributed by atoms with Gasteiger partial charge in [-0.25, -0.2) is 4.79 Å². The number of carbonyl (C=O) groups excluding carboxylic acids is 2. The number of likely N-dealkylation sites (tertiary alicyclic amines) is 1. The summed E-state index contributed by atoms with van der Waals surface area (Å²) in [5.74, 6) is -0.496. The molecular formula is C32H57NO8Si2. The van der Waals surface area contributed by atoms with Gasteiger partial charge in [0, 0.05) is 0 Å². The lowest BCUT2D eigenvalue weighted by molar-refractivity contribution is -0.157. The van der Waals surface area contributed by atoms with Gasteiger partial charge in [-0.1, -0.05) is 71.9 Å². The van der Waals surface area contributed by atoms with Crippen molar-refractivity contribution in [2.24, 2.45) is 5.41 Å². The van der Waals surface area contributed by atoms with Crippen LogP contribution in [0.25, 0.3) is 0 Å². The van der Waals surface area contributed by atoms with Crippen molar-refractivity contribution in [3.8, 4) is 0 Å². The van der Waals surface area contributed by atoms with Gasteiger partial charge in [-0.2, -0.15) is 0 Å². The minimum Gasteiger partial charge on any atom is -0.462 e. The molecule has 11 heteroatoms. The lowest BCUT2D eigenvalue weighted by Gasteiger charge is -2.42. The number of carbonyl (C=O) groups is 2. The minimum absolute atomic E-state index is 0.0116. The Hall–Kier alpha value is -1.77. The van der Waals surface area contributed by atoms with E-state index < -0.39 is 71.1 Å². The van der Waals surface area contributed by atoms with Crippen molar-refractivity contribution >= 4 is 28.7 Å². The fourth-order valence-electron chi connectivity index (χ4n) is 4.26. The summed E-state index contributed by atoms with van der Waals surface area (Å²) in [6, 6.07) is 7.40. The smallest absolute Gasteiger partial charge is 0.410 e. The lowest BCUT2D eigenvalue weighted by Crippen LogP contribution is -2.54. The Morgan fingerprint density at radius 3 is 1.91 bits per heavy atom. The molecule has 1 aliphatic rings. The molecule has 0 saturated carbocycles. The molecule has 2 rings (SSSR count). The van der Waals surface area contributed by atoms with Crippen LogP contribution in [0.1, 0.15) is 67.9 Å². The van der Waals surface area contributed by atoms with E-state index in [2.05, 4.69) is 67.7 Å². The summed E-state index contributed by atoms with van der Waals surface area (Å²) >= 11 is 0. The standard InChI is InChI=1S/C32H57NO8Si2/c1-30(2,3)28(36)38-21-24(34)25-26(35)27(41-43(12,13)32(7,8)9)23(20-40-42(10,11)31(4,5)6)33(25)29(37)39-19-22-17-15-14-16-18-22/h14-18,23-27,34-35H,19-21H2,1-13H3/t23-,24-,25-,26-,27-/m1/s1. The first-order chi connectivity index (χ1) is 19.4. The normalized spacial score (nSPS) is 22.8. The molecule has 0 spiro atoms. The minimum atomic E-state index is -2.48. The van der Waals surface area contributed by atoms with Gasteiger partial charge in [-0.15, -0.1) is 0 Å². The van der Waals surface area contributed by atoms with Crippen molar-refractivity contribution in [1.82, 2.24) is 4.90 Å². The van der Waals surface area contributed by atoms with Crippen molar-refractivity contribution in [2.75, 3.05) is 13.2 Å². The van der Waals surface area contributed by atoms with E-state index in [1.165, 1.54) is 4.90 Å². The zero-order chi connectivity index (χ0) is 33.2. The van der Waals surface area contributed by atoms with Gasteiger partial charge in [0.05, 0.1) is 30.2 Å². The lowest BCUT2D eigenvalue weighted by atomic mass is 9.97. The topological polar surface area (TPSA) is 115 Å². The first-order valence-corrected chi connectivity index (χ1v) is 21.1. The predicted octanol–water partition coefficient (Wildman–Crippen LogP) is 6.10. The quantitative estimate of drug-likeness (QED) is 0.233. The van der Waals surface area contributed by atoms with E-state index in [0.29, 0.717) is 0 Å². The van der Waals surface area contributed by atoms with Gasteiger partial charge in [0.1, 0.15) is 25.4 Å². The Bertz CT molecular complexity index is 1080. The highest BCUT2D eigenvalue weighted by molar-refractivity contribution is 6.74. The highest BCUT2D eigenvalue weighted by Gasteiger charge is 2.57. The number of hydrogen-bond donors (Lipinski definition) is 2. The molecule has 0 bridgehead atoms. The number of amides is 1. The van der Waals surface area contributed by atoms with Crippen LogP contribution in [0.5, 0.6) is 0 Å². The zero-order valence-electron chi connectivity index (χ0n) is 28.7. The van der Waals surface area contributed by atoms with Gasteiger partial charge in [-0.3, -0.25) is 9.69 Å². The summed E-state index contributed by atoms with van der Waals surface area (Å²) in [5, 5.41) is 23.0. The van der Waals surface area contributed by atoms with E-state index in [1.54, 1.807) is 20.8 Å². The van der Waals surface area contributed by atoms with Gasteiger partial charge < -0.3 is 28.5 Å². The highest BCUT2D eigenvalue weighted by Crippen LogP contribution is 2.42. The fourth-order valence-corrected chi connectivity index (χ4v) is 6.61. The Labute approximate surface area is 261 Å². The molecule has 0 unspecified atom stereocenters. The molecule has 1 saturated heterocycles. The van der Waals surface area contributed by atoms with Crippen molar-refractivity contribution in [2.45, 2.75) is 136 Å². The second-order valence-corrected chi connectivity index (χ2v) is 25.4. The fraction of sp³-hybridized carbons (Fsp3) is 0.750. The molecule has 1 aromatic carbocycles. The third-order valence-electron chi connectivity index (χ3n) is 9.21. The van der Waals surface area contributed by atoms with Crippen molar-refractivity contribution in [3.05, 3.63) is 35.9 Å². The number of hydrogen-bond acceptors (Lipinski definition) is 8. The summed E-state index contributed by atoms with van der Waals surface area (Å²) < 4.78 is 24.6. The molecule has 1 aliphatic heterocycles. The van der Waals surface area contributed by atoms with Crippen LogP contribution >= 0.6 is 0 Å². The van der Waals surface area contributed by atoms with Crippen molar-refractivity contribution in [1.29, 1.82) is 0 Å². The number of aliphatic hydroxyl groups is 2. The van der Waals surface area contributed by atoms with Crippen molar-refractivity contribution in [3.63, 3.8) is 0 Å². The van der Waals surface area contributed by atoms with Crippen LogP contribution in [0.3, 0.4) is 0 Å². The second-order valence-electron chi connectivity index (χ2n) is 15.8. The molecule has 1 fully saturated rings. The first-order valence-electron chi connectivity index (χ1n) is 15.2. The molecule has 1 aromatic rings. The van der Waals surface area contributed by atoms with Crippen LogP contribution < -0.4 is 0 Å². The highest BCUT2D eigenvalue weighted by atomic mass is 28.4. The SMILES string of the molecule is CC(C)(C)C(=O)OC[C@@H](O)[C@@H]1[C@@H](O)[C@H](O[Si](C)(C)C(C)(C)C)[C@@H](CO[Si](C)(C)C(C)(C)C)N1C(=O)OCc1ccccc1. The van der Waals surface area contributed by atoms with E-state index in [-0.39, 0.29) is 23.3 Å². The zero-order valence-corrected chi connectivity index (χ0v) is 30.7. The summed E-state index contributed by atoms with van der Waals surface area (Å²) in [7, 11) is -4.77. The molecular weight excluding hydrogens is 583 g/mol. The average molecular weight is 640 g/mol. The van der Waals surface area contributed by atoms with Crippen LogP contribution in [0, 0.1) is 5.41 Å². The molecule has 0 aromatic heterocycles. The molecule has 0 radical (unpaired) electrons. The van der Waals surface area contributed by atoms with E-state index in [4.69, 9.17) is 18.3 Å². The van der Waals surface area contributed by atoms with E-state index in [0.717, 1.165) is 5.56 Å². The molecule has 9 nitrogen and oxygen atoms in total. The molecule has 1 heterocycles. The van der Waals surface area contributed by atoms with Gasteiger partial charge in [0.15, 0.2) is 16.6 Å². The molecule has 43 heavy (non-hydrogen) atoms. The summed E-state index contributed by atoms with van der Waals surface area (Å²) in [5.41, 5.74) is 0.0190. The third kappa shape index (κ3) is 9.37. The molecule has 2 N–H and O–H groups in total. The van der Waals surface area contributed by atoms with Crippen LogP contribution in [-0.4, -0.2) is 87.4 Å². The second kappa shape index (κ2) is 13.7. The summed E-state index contributed by atoms with van der Waals surface area (Å²) in [6.45, 7) is 26.0. The van der Waals surface area contributed by atoms with Crippen molar-refractivity contribution < 1.29 is 38.1 Å². The first kappa shape index (κ1) is 37.4. The van der Waals surface area contributed by atoms with Crippen LogP contribution in [0.4, 0.5) is 4.79 Å². The number of benzene rings is 1. The van der Waals surface area contributed by atoms with Gasteiger partial charge in [-0.05, 0) is 62.6 Å². The number of ether oxygens (including phenoxy) is 2. The maximum absolute atomic E-state index is 13.9. The molecule has 0 aliphatic carbocycles. The summed E-state index contributed by atoms with van der Waals surface area (Å²) in [6.07, 6.45) is -4.24. The maximum Gasteiger partial charge on any atom is 0.410 e. The number of rotatable bonds is 10. The monoisotopic (exact) mass is 639 g/mol. The van der Waals surface area contributed by atoms with E-state index >= 15 is 0 Å². The molecule has 5 atom stereocenters. The average Bonchev–Trinajstić information content (AvgIpc) is 3.13. The Balaban J connectivity index is 2.54. The maximum atomic E-state index is 13.9. The third-order valence-corrected chi connectivity index (χ3v) is 18.2. The largest absolute Gasteiger partial charge is 0.462 e. The number of esters is 1. The number of nitrogens with zero attached hydrogens (tertiary/aromatic N) is 1. The Morgan fingerprint density at radius 1 is 0.884 bits per heavy atom. The van der Waals surface area contributed by atoms with Gasteiger partial charge in [0.2, 0.25) is 0 Å².